The van der Waals surface area contributed by atoms with Gasteiger partial charge in [-0.2, -0.15) is 5.10 Å². The fourth-order valence-electron chi connectivity index (χ4n) is 4.60. The molecule has 162 valence electrons. The van der Waals surface area contributed by atoms with Gasteiger partial charge in [-0.05, 0) is 36.1 Å². The van der Waals surface area contributed by atoms with Crippen molar-refractivity contribution in [2.24, 2.45) is 5.10 Å². The van der Waals surface area contributed by atoms with E-state index in [-0.39, 0.29) is 30.1 Å². The number of carbonyl (C=O) groups is 2. The van der Waals surface area contributed by atoms with Crippen LogP contribution in [0.15, 0.2) is 59.7 Å². The second-order valence-corrected chi connectivity index (χ2v) is 8.89. The lowest BCUT2D eigenvalue weighted by molar-refractivity contribution is -0.133. The molecule has 6 heteroatoms. The van der Waals surface area contributed by atoms with Gasteiger partial charge >= 0.3 is 0 Å². The molecule has 0 unspecified atom stereocenters. The van der Waals surface area contributed by atoms with Crippen molar-refractivity contribution in [2.75, 3.05) is 13.1 Å². The van der Waals surface area contributed by atoms with Crippen molar-refractivity contribution in [3.05, 3.63) is 70.7 Å². The van der Waals surface area contributed by atoms with E-state index >= 15 is 0 Å². The first kappa shape index (κ1) is 21.6. The van der Waals surface area contributed by atoms with Crippen LogP contribution in [0.3, 0.4) is 0 Å². The first-order valence-corrected chi connectivity index (χ1v) is 11.4. The number of amides is 2. The summed E-state index contributed by atoms with van der Waals surface area (Å²) in [5, 5.41) is 9.77. The van der Waals surface area contributed by atoms with Crippen molar-refractivity contribution < 1.29 is 9.59 Å². The molecule has 1 saturated carbocycles. The Labute approximate surface area is 188 Å². The Morgan fingerprint density at radius 1 is 1.00 bits per heavy atom. The molecular weight excluding hydrogens is 410 g/mol. The van der Waals surface area contributed by atoms with Gasteiger partial charge in [0.25, 0.3) is 0 Å². The Balaban J connectivity index is 1.28. The second kappa shape index (κ2) is 9.65. The largest absolute Gasteiger partial charge is 0.355 e. The SMILES string of the molecule is O=C(CCC(=O)N1CCC(c2ccccc2)=N1)NCC1(c2ccc(Cl)cc2)CCCC1. The first-order valence-electron chi connectivity index (χ1n) is 11.0. The summed E-state index contributed by atoms with van der Waals surface area (Å²) in [6.45, 7) is 1.17. The summed E-state index contributed by atoms with van der Waals surface area (Å²) in [6.07, 6.45) is 5.53. The molecule has 1 aliphatic heterocycles. The Morgan fingerprint density at radius 2 is 1.71 bits per heavy atom. The van der Waals surface area contributed by atoms with Gasteiger partial charge < -0.3 is 5.32 Å². The Morgan fingerprint density at radius 3 is 2.42 bits per heavy atom. The quantitative estimate of drug-likeness (QED) is 0.683. The summed E-state index contributed by atoms with van der Waals surface area (Å²) in [7, 11) is 0. The van der Waals surface area contributed by atoms with E-state index < -0.39 is 0 Å². The highest BCUT2D eigenvalue weighted by atomic mass is 35.5. The Hall–Kier alpha value is -2.66. The summed E-state index contributed by atoms with van der Waals surface area (Å²) in [6, 6.07) is 17.9. The van der Waals surface area contributed by atoms with E-state index in [2.05, 4.69) is 22.6 Å². The zero-order valence-corrected chi connectivity index (χ0v) is 18.4. The van der Waals surface area contributed by atoms with Crippen molar-refractivity contribution in [1.82, 2.24) is 10.3 Å². The molecule has 0 spiro atoms. The topological polar surface area (TPSA) is 61.8 Å². The standard InChI is InChI=1S/C25H28ClN3O2/c26-21-10-8-20(9-11-21)25(15-4-5-16-25)18-27-23(30)12-13-24(31)29-17-14-22(28-29)19-6-2-1-3-7-19/h1-3,6-11H,4-5,12-18H2,(H,27,30). The molecule has 1 heterocycles. The van der Waals surface area contributed by atoms with Crippen LogP contribution >= 0.6 is 11.6 Å². The third kappa shape index (κ3) is 5.16. The minimum absolute atomic E-state index is 0.0336. The van der Waals surface area contributed by atoms with Gasteiger partial charge in [-0.25, -0.2) is 5.01 Å². The van der Waals surface area contributed by atoms with Crippen molar-refractivity contribution in [3.8, 4) is 0 Å². The number of hydrogen-bond donors (Lipinski definition) is 1. The highest BCUT2D eigenvalue weighted by Gasteiger charge is 2.35. The van der Waals surface area contributed by atoms with E-state index in [0.717, 1.165) is 48.4 Å². The van der Waals surface area contributed by atoms with Crippen molar-refractivity contribution in [1.29, 1.82) is 0 Å². The molecule has 2 amide bonds. The lowest BCUT2D eigenvalue weighted by atomic mass is 9.79. The fraction of sp³-hybridized carbons (Fsp3) is 0.400. The van der Waals surface area contributed by atoms with Gasteiger partial charge in [-0.1, -0.05) is 66.9 Å². The van der Waals surface area contributed by atoms with Crippen LogP contribution in [0.1, 0.15) is 56.1 Å². The summed E-state index contributed by atoms with van der Waals surface area (Å²) in [4.78, 5) is 25.0. The van der Waals surface area contributed by atoms with E-state index in [4.69, 9.17) is 11.6 Å². The van der Waals surface area contributed by atoms with E-state index in [1.54, 1.807) is 0 Å². The molecule has 2 aromatic rings. The van der Waals surface area contributed by atoms with Gasteiger partial charge in [0.1, 0.15) is 0 Å². The van der Waals surface area contributed by atoms with Gasteiger partial charge in [-0.3, -0.25) is 9.59 Å². The van der Waals surface area contributed by atoms with E-state index in [1.165, 1.54) is 10.6 Å². The van der Waals surface area contributed by atoms with E-state index in [0.29, 0.717) is 13.1 Å². The maximum absolute atomic E-state index is 12.5. The molecule has 0 atom stereocenters. The third-order valence-corrected chi connectivity index (χ3v) is 6.66. The number of nitrogens with zero attached hydrogens (tertiary/aromatic N) is 2. The maximum Gasteiger partial charge on any atom is 0.243 e. The van der Waals surface area contributed by atoms with Crippen molar-refractivity contribution >= 4 is 29.1 Å². The van der Waals surface area contributed by atoms with Crippen LogP contribution in [0.4, 0.5) is 0 Å². The van der Waals surface area contributed by atoms with Crippen molar-refractivity contribution in [3.63, 3.8) is 0 Å². The molecular formula is C25H28ClN3O2. The number of nitrogens with one attached hydrogen (secondary N) is 1. The number of rotatable bonds is 7. The monoisotopic (exact) mass is 437 g/mol. The number of hydrogen-bond acceptors (Lipinski definition) is 3. The van der Waals surface area contributed by atoms with Crippen LogP contribution in [-0.4, -0.2) is 35.6 Å². The first-order chi connectivity index (χ1) is 15.1. The molecule has 0 radical (unpaired) electrons. The van der Waals surface area contributed by atoms with Crippen LogP contribution in [-0.2, 0) is 15.0 Å². The Bertz CT molecular complexity index is 950. The molecule has 31 heavy (non-hydrogen) atoms. The van der Waals surface area contributed by atoms with Crippen LogP contribution in [0.25, 0.3) is 0 Å². The van der Waals surface area contributed by atoms with Crippen LogP contribution < -0.4 is 5.32 Å². The van der Waals surface area contributed by atoms with Crippen LogP contribution in [0.2, 0.25) is 5.02 Å². The van der Waals surface area contributed by atoms with Crippen LogP contribution in [0.5, 0.6) is 0 Å². The Kier molecular flexibility index (Phi) is 6.71. The van der Waals surface area contributed by atoms with Crippen LogP contribution in [0, 0.1) is 0 Å². The molecule has 4 rings (SSSR count). The van der Waals surface area contributed by atoms with Gasteiger partial charge in [-0.15, -0.1) is 0 Å². The van der Waals surface area contributed by atoms with Gasteiger partial charge in [0.2, 0.25) is 11.8 Å². The second-order valence-electron chi connectivity index (χ2n) is 8.45. The molecule has 0 saturated heterocycles. The molecule has 1 aliphatic carbocycles. The molecule has 0 bridgehead atoms. The fourth-order valence-corrected chi connectivity index (χ4v) is 4.73. The molecule has 1 fully saturated rings. The van der Waals surface area contributed by atoms with E-state index in [9.17, 15) is 9.59 Å². The number of halogens is 1. The predicted molar refractivity (Wildman–Crippen MR) is 123 cm³/mol. The van der Waals surface area contributed by atoms with Crippen molar-refractivity contribution in [2.45, 2.75) is 50.4 Å². The third-order valence-electron chi connectivity index (χ3n) is 6.40. The number of benzene rings is 2. The van der Waals surface area contributed by atoms with E-state index in [1.807, 2.05) is 42.5 Å². The normalized spacial score (nSPS) is 17.5. The summed E-state index contributed by atoms with van der Waals surface area (Å²) in [5.74, 6) is -0.186. The zero-order chi connectivity index (χ0) is 21.7. The highest BCUT2D eigenvalue weighted by Crippen LogP contribution is 2.41. The molecule has 1 N–H and O–H groups in total. The molecule has 2 aliphatic rings. The van der Waals surface area contributed by atoms with Gasteiger partial charge in [0.15, 0.2) is 0 Å². The number of carbonyl (C=O) groups excluding carboxylic acids is 2. The minimum Gasteiger partial charge on any atom is -0.355 e. The molecule has 5 nitrogen and oxygen atoms in total. The predicted octanol–water partition coefficient (Wildman–Crippen LogP) is 4.68. The highest BCUT2D eigenvalue weighted by molar-refractivity contribution is 6.30. The smallest absolute Gasteiger partial charge is 0.243 e. The van der Waals surface area contributed by atoms with Gasteiger partial charge in [0, 0.05) is 36.2 Å². The maximum atomic E-state index is 12.5. The average Bonchev–Trinajstić information content (AvgIpc) is 3.48. The number of hydrazone groups is 1. The summed E-state index contributed by atoms with van der Waals surface area (Å²) >= 11 is 6.04. The zero-order valence-electron chi connectivity index (χ0n) is 17.6. The molecule has 2 aromatic carbocycles. The lowest BCUT2D eigenvalue weighted by Gasteiger charge is -2.30. The summed E-state index contributed by atoms with van der Waals surface area (Å²) < 4.78 is 0. The molecule has 0 aromatic heterocycles. The van der Waals surface area contributed by atoms with Gasteiger partial charge in [0.05, 0.1) is 12.3 Å². The summed E-state index contributed by atoms with van der Waals surface area (Å²) in [5.41, 5.74) is 3.16. The average molecular weight is 438 g/mol. The lowest BCUT2D eigenvalue weighted by Crippen LogP contribution is -2.39. The minimum atomic E-state index is -0.102.